The number of amides is 1. The summed E-state index contributed by atoms with van der Waals surface area (Å²) >= 11 is 0. The topological polar surface area (TPSA) is 42.0 Å². The Morgan fingerprint density at radius 3 is 2.71 bits per heavy atom. The quantitative estimate of drug-likeness (QED) is 0.769. The molecule has 0 bridgehead atoms. The van der Waals surface area contributed by atoms with E-state index in [9.17, 15) is 4.79 Å². The molecule has 1 heterocycles. The van der Waals surface area contributed by atoms with Crippen molar-refractivity contribution in [3.8, 4) is 0 Å². The van der Waals surface area contributed by atoms with Gasteiger partial charge in [0.25, 0.3) is 5.91 Å². The van der Waals surface area contributed by atoms with E-state index in [2.05, 4.69) is 10.3 Å². The molecule has 0 aromatic carbocycles. The Bertz CT molecular complexity index is 370. The number of nitrogens with zero attached hydrogens (tertiary/aromatic N) is 1. The molecule has 3 nitrogen and oxygen atoms in total. The van der Waals surface area contributed by atoms with Gasteiger partial charge in [-0.15, -0.1) is 0 Å². The van der Waals surface area contributed by atoms with Crippen LogP contribution in [0, 0.1) is 13.8 Å². The Hall–Kier alpha value is -1.38. The predicted molar refractivity (Wildman–Crippen MR) is 54.2 cm³/mol. The van der Waals surface area contributed by atoms with Crippen molar-refractivity contribution in [1.82, 2.24) is 10.3 Å². The Morgan fingerprint density at radius 1 is 1.43 bits per heavy atom. The van der Waals surface area contributed by atoms with E-state index in [1.54, 1.807) is 6.07 Å². The first-order valence-electron chi connectivity index (χ1n) is 4.92. The first kappa shape index (κ1) is 9.19. The average molecular weight is 190 g/mol. The second-order valence-electron chi connectivity index (χ2n) is 3.85. The van der Waals surface area contributed by atoms with E-state index < -0.39 is 0 Å². The Kier molecular flexibility index (Phi) is 2.23. The molecule has 1 saturated carbocycles. The summed E-state index contributed by atoms with van der Waals surface area (Å²) in [6.45, 7) is 3.91. The maximum Gasteiger partial charge on any atom is 0.270 e. The molecule has 0 saturated heterocycles. The Morgan fingerprint density at radius 2 is 2.14 bits per heavy atom. The number of hydrogen-bond acceptors (Lipinski definition) is 2. The van der Waals surface area contributed by atoms with Crippen molar-refractivity contribution in [3.05, 3.63) is 29.1 Å². The molecular weight excluding hydrogens is 176 g/mol. The van der Waals surface area contributed by atoms with Crippen molar-refractivity contribution in [2.75, 3.05) is 0 Å². The molecule has 1 amide bonds. The number of carbonyl (C=O) groups excluding carboxylic acids is 1. The van der Waals surface area contributed by atoms with Gasteiger partial charge in [-0.1, -0.05) is 6.07 Å². The van der Waals surface area contributed by atoms with E-state index in [1.807, 2.05) is 19.9 Å². The molecule has 3 heteroatoms. The lowest BCUT2D eigenvalue weighted by molar-refractivity contribution is 0.0946. The number of carbonyl (C=O) groups is 1. The van der Waals surface area contributed by atoms with E-state index in [0.717, 1.165) is 24.1 Å². The summed E-state index contributed by atoms with van der Waals surface area (Å²) in [4.78, 5) is 15.8. The highest BCUT2D eigenvalue weighted by atomic mass is 16.2. The fourth-order valence-electron chi connectivity index (χ4n) is 1.24. The minimum Gasteiger partial charge on any atom is -0.348 e. The van der Waals surface area contributed by atoms with Crippen LogP contribution in [0.25, 0.3) is 0 Å². The van der Waals surface area contributed by atoms with E-state index in [4.69, 9.17) is 0 Å². The first-order chi connectivity index (χ1) is 6.66. The van der Waals surface area contributed by atoms with E-state index in [0.29, 0.717) is 11.7 Å². The minimum absolute atomic E-state index is 0.0457. The lowest BCUT2D eigenvalue weighted by Gasteiger charge is -2.04. The zero-order valence-corrected chi connectivity index (χ0v) is 8.50. The molecular formula is C11H14N2O. The molecule has 74 valence electrons. The maximum atomic E-state index is 11.6. The molecule has 1 aromatic heterocycles. The highest BCUT2D eigenvalue weighted by Crippen LogP contribution is 2.19. The van der Waals surface area contributed by atoms with Crippen molar-refractivity contribution in [3.63, 3.8) is 0 Å². The number of nitrogens with one attached hydrogen (secondary N) is 1. The van der Waals surface area contributed by atoms with Crippen LogP contribution in [0.3, 0.4) is 0 Å². The molecule has 0 radical (unpaired) electrons. The number of rotatable bonds is 2. The Labute approximate surface area is 83.5 Å². The molecule has 2 rings (SSSR count). The van der Waals surface area contributed by atoms with Crippen LogP contribution >= 0.6 is 0 Å². The van der Waals surface area contributed by atoms with Gasteiger partial charge in [0.15, 0.2) is 0 Å². The summed E-state index contributed by atoms with van der Waals surface area (Å²) in [5.41, 5.74) is 2.57. The van der Waals surface area contributed by atoms with E-state index in [-0.39, 0.29) is 5.91 Å². The zero-order chi connectivity index (χ0) is 10.1. The maximum absolute atomic E-state index is 11.6. The Balaban J connectivity index is 2.14. The average Bonchev–Trinajstić information content (AvgIpc) is 2.93. The fourth-order valence-corrected chi connectivity index (χ4v) is 1.24. The summed E-state index contributed by atoms with van der Waals surface area (Å²) in [6.07, 6.45) is 2.22. The van der Waals surface area contributed by atoms with Crippen molar-refractivity contribution in [1.29, 1.82) is 0 Å². The predicted octanol–water partition coefficient (Wildman–Crippen LogP) is 1.59. The van der Waals surface area contributed by atoms with Gasteiger partial charge in [0.05, 0.1) is 0 Å². The van der Waals surface area contributed by atoms with Gasteiger partial charge in [0, 0.05) is 11.7 Å². The highest BCUT2D eigenvalue weighted by Gasteiger charge is 2.24. The van der Waals surface area contributed by atoms with E-state index >= 15 is 0 Å². The molecule has 1 aliphatic rings. The second-order valence-corrected chi connectivity index (χ2v) is 3.85. The van der Waals surface area contributed by atoms with Gasteiger partial charge in [0.2, 0.25) is 0 Å². The monoisotopic (exact) mass is 190 g/mol. The number of hydrogen-bond donors (Lipinski definition) is 1. The summed E-state index contributed by atoms with van der Waals surface area (Å²) in [5.74, 6) is -0.0457. The highest BCUT2D eigenvalue weighted by molar-refractivity contribution is 5.92. The van der Waals surface area contributed by atoms with Crippen molar-refractivity contribution >= 4 is 5.91 Å². The summed E-state index contributed by atoms with van der Waals surface area (Å²) < 4.78 is 0. The molecule has 1 aliphatic carbocycles. The lowest BCUT2D eigenvalue weighted by atomic mass is 10.2. The van der Waals surface area contributed by atoms with Gasteiger partial charge >= 0.3 is 0 Å². The van der Waals surface area contributed by atoms with Gasteiger partial charge in [0.1, 0.15) is 5.69 Å². The third kappa shape index (κ3) is 1.92. The van der Waals surface area contributed by atoms with Crippen molar-refractivity contribution in [2.45, 2.75) is 32.7 Å². The smallest absolute Gasteiger partial charge is 0.270 e. The molecule has 0 unspecified atom stereocenters. The fraction of sp³-hybridized carbons (Fsp3) is 0.455. The number of pyridine rings is 1. The SMILES string of the molecule is Cc1ccc(C(=O)NC2CC2)nc1C. The van der Waals surface area contributed by atoms with Crippen LogP contribution < -0.4 is 5.32 Å². The zero-order valence-electron chi connectivity index (χ0n) is 8.50. The third-order valence-corrected chi connectivity index (χ3v) is 2.50. The molecule has 1 aromatic rings. The first-order valence-corrected chi connectivity index (χ1v) is 4.92. The van der Waals surface area contributed by atoms with Gasteiger partial charge in [-0.05, 0) is 38.3 Å². The standard InChI is InChI=1S/C11H14N2O/c1-7-3-6-10(12-8(7)2)11(14)13-9-4-5-9/h3,6,9H,4-5H2,1-2H3,(H,13,14). The minimum atomic E-state index is -0.0457. The largest absolute Gasteiger partial charge is 0.348 e. The van der Waals surface area contributed by atoms with Crippen LogP contribution in [0.4, 0.5) is 0 Å². The summed E-state index contributed by atoms with van der Waals surface area (Å²) in [6, 6.07) is 4.11. The van der Waals surface area contributed by atoms with Gasteiger partial charge < -0.3 is 5.32 Å². The molecule has 1 fully saturated rings. The second kappa shape index (κ2) is 3.40. The summed E-state index contributed by atoms with van der Waals surface area (Å²) in [7, 11) is 0. The van der Waals surface area contributed by atoms with Crippen LogP contribution in [-0.4, -0.2) is 16.9 Å². The lowest BCUT2D eigenvalue weighted by Crippen LogP contribution is -2.26. The molecule has 0 atom stereocenters. The van der Waals surface area contributed by atoms with Crippen LogP contribution in [0.15, 0.2) is 12.1 Å². The van der Waals surface area contributed by atoms with Gasteiger partial charge in [-0.3, -0.25) is 4.79 Å². The number of aryl methyl sites for hydroxylation is 2. The van der Waals surface area contributed by atoms with E-state index in [1.165, 1.54) is 0 Å². The van der Waals surface area contributed by atoms with Crippen LogP contribution in [0.5, 0.6) is 0 Å². The van der Waals surface area contributed by atoms with Crippen molar-refractivity contribution in [2.24, 2.45) is 0 Å². The van der Waals surface area contributed by atoms with Gasteiger partial charge in [-0.25, -0.2) is 4.98 Å². The van der Waals surface area contributed by atoms with Crippen LogP contribution in [0.1, 0.15) is 34.6 Å². The number of aromatic nitrogens is 1. The van der Waals surface area contributed by atoms with Gasteiger partial charge in [-0.2, -0.15) is 0 Å². The normalized spacial score (nSPS) is 15.3. The molecule has 0 spiro atoms. The van der Waals surface area contributed by atoms with Crippen LogP contribution in [0.2, 0.25) is 0 Å². The molecule has 14 heavy (non-hydrogen) atoms. The third-order valence-electron chi connectivity index (χ3n) is 2.50. The van der Waals surface area contributed by atoms with Crippen LogP contribution in [-0.2, 0) is 0 Å². The molecule has 0 aliphatic heterocycles. The van der Waals surface area contributed by atoms with Crippen molar-refractivity contribution < 1.29 is 4.79 Å². The molecule has 1 N–H and O–H groups in total. The summed E-state index contributed by atoms with van der Waals surface area (Å²) in [5, 5.41) is 2.92.